The van der Waals surface area contributed by atoms with E-state index in [0.29, 0.717) is 30.6 Å². The number of aromatic nitrogens is 3. The summed E-state index contributed by atoms with van der Waals surface area (Å²) < 4.78 is 5.31. The maximum absolute atomic E-state index is 10.0. The number of thiazole rings is 1. The van der Waals surface area contributed by atoms with E-state index in [0.717, 1.165) is 6.54 Å². The Labute approximate surface area is 133 Å². The van der Waals surface area contributed by atoms with Crippen molar-refractivity contribution in [3.63, 3.8) is 0 Å². The Hall–Kier alpha value is -1.31. The molecule has 0 radical (unpaired) electrons. The lowest BCUT2D eigenvalue weighted by Gasteiger charge is -2.22. The Bertz CT molecular complexity index is 652. The fourth-order valence-electron chi connectivity index (χ4n) is 3.20. The summed E-state index contributed by atoms with van der Waals surface area (Å²) in [5.41, 5.74) is 0. The standard InChI is InChI=1S/C15H20N4O2S/c1-9-17-14(21-18-9)13-5-11(20)7-19(13)8-12-6-16-15(22-12)10-3-2-4-10/h6,10-11,13,20H,2-5,7-8H2,1H3/t11-,13-/m1/s1. The molecule has 2 aromatic rings. The number of β-amino-alcohol motifs (C(OH)–C–C–N with tert-alkyl or cyclic N) is 1. The van der Waals surface area contributed by atoms with Gasteiger partial charge in [0.05, 0.1) is 17.2 Å². The molecule has 2 aromatic heterocycles. The van der Waals surface area contributed by atoms with Crippen molar-refractivity contribution < 1.29 is 9.63 Å². The zero-order chi connectivity index (χ0) is 15.1. The second-order valence-corrected chi connectivity index (χ2v) is 7.45. The highest BCUT2D eigenvalue weighted by molar-refractivity contribution is 7.11. The SMILES string of the molecule is Cc1noc([C@H]2C[C@@H](O)CN2Cc2cnc(C3CCC3)s2)n1. The topological polar surface area (TPSA) is 75.3 Å². The van der Waals surface area contributed by atoms with Gasteiger partial charge in [-0.2, -0.15) is 4.98 Å². The lowest BCUT2D eigenvalue weighted by Crippen LogP contribution is -2.24. The molecule has 2 fully saturated rings. The van der Waals surface area contributed by atoms with Gasteiger partial charge in [0.1, 0.15) is 0 Å². The molecule has 22 heavy (non-hydrogen) atoms. The van der Waals surface area contributed by atoms with E-state index in [-0.39, 0.29) is 12.1 Å². The first-order valence-electron chi connectivity index (χ1n) is 7.86. The molecule has 0 bridgehead atoms. The van der Waals surface area contributed by atoms with Gasteiger partial charge in [0.25, 0.3) is 0 Å². The monoisotopic (exact) mass is 320 g/mol. The van der Waals surface area contributed by atoms with Crippen LogP contribution in [0.15, 0.2) is 10.7 Å². The minimum absolute atomic E-state index is 0.00505. The molecule has 2 atom stereocenters. The molecule has 1 saturated carbocycles. The van der Waals surface area contributed by atoms with Gasteiger partial charge in [0.15, 0.2) is 5.82 Å². The quantitative estimate of drug-likeness (QED) is 0.932. The molecule has 0 unspecified atom stereocenters. The summed E-state index contributed by atoms with van der Waals surface area (Å²) in [6.45, 7) is 3.24. The highest BCUT2D eigenvalue weighted by atomic mass is 32.1. The van der Waals surface area contributed by atoms with Crippen molar-refractivity contribution in [2.24, 2.45) is 0 Å². The van der Waals surface area contributed by atoms with Crippen molar-refractivity contribution in [1.29, 1.82) is 0 Å². The largest absolute Gasteiger partial charge is 0.392 e. The number of aliphatic hydroxyl groups excluding tert-OH is 1. The van der Waals surface area contributed by atoms with Crippen molar-refractivity contribution in [3.8, 4) is 0 Å². The van der Waals surface area contributed by atoms with Crippen molar-refractivity contribution in [1.82, 2.24) is 20.0 Å². The molecular weight excluding hydrogens is 300 g/mol. The summed E-state index contributed by atoms with van der Waals surface area (Å²) in [5, 5.41) is 15.2. The molecule has 3 heterocycles. The zero-order valence-corrected chi connectivity index (χ0v) is 13.4. The van der Waals surface area contributed by atoms with Crippen LogP contribution in [0, 0.1) is 6.92 Å². The van der Waals surface area contributed by atoms with Gasteiger partial charge in [-0.15, -0.1) is 11.3 Å². The molecule has 1 aliphatic heterocycles. The third-order valence-electron chi connectivity index (χ3n) is 4.59. The summed E-state index contributed by atoms with van der Waals surface area (Å²) in [4.78, 5) is 12.4. The van der Waals surface area contributed by atoms with E-state index >= 15 is 0 Å². The Morgan fingerprint density at radius 3 is 3.00 bits per heavy atom. The van der Waals surface area contributed by atoms with E-state index in [1.54, 1.807) is 11.3 Å². The van der Waals surface area contributed by atoms with Gasteiger partial charge in [0.2, 0.25) is 5.89 Å². The van der Waals surface area contributed by atoms with Crippen molar-refractivity contribution in [2.75, 3.05) is 6.54 Å². The number of likely N-dealkylation sites (tertiary alicyclic amines) is 1. The average molecular weight is 320 g/mol. The number of aliphatic hydroxyl groups is 1. The molecule has 0 aromatic carbocycles. The van der Waals surface area contributed by atoms with Crippen molar-refractivity contribution in [2.45, 2.75) is 57.2 Å². The van der Waals surface area contributed by atoms with Crippen molar-refractivity contribution in [3.05, 3.63) is 27.8 Å². The number of aryl methyl sites for hydroxylation is 1. The summed E-state index contributed by atoms with van der Waals surface area (Å²) in [6.07, 6.45) is 6.18. The second kappa shape index (κ2) is 5.72. The van der Waals surface area contributed by atoms with E-state index in [9.17, 15) is 5.11 Å². The van der Waals surface area contributed by atoms with Crippen LogP contribution in [0.25, 0.3) is 0 Å². The van der Waals surface area contributed by atoms with Gasteiger partial charge in [0, 0.05) is 30.1 Å². The molecule has 1 aliphatic carbocycles. The van der Waals surface area contributed by atoms with Crippen LogP contribution in [-0.4, -0.2) is 37.8 Å². The van der Waals surface area contributed by atoms with E-state index < -0.39 is 0 Å². The van der Waals surface area contributed by atoms with Crippen LogP contribution in [0.4, 0.5) is 0 Å². The summed E-state index contributed by atoms with van der Waals surface area (Å²) in [6, 6.07) is 0.00505. The van der Waals surface area contributed by atoms with Gasteiger partial charge >= 0.3 is 0 Å². The zero-order valence-electron chi connectivity index (χ0n) is 12.6. The predicted octanol–water partition coefficient (Wildman–Crippen LogP) is 2.41. The Morgan fingerprint density at radius 1 is 1.45 bits per heavy atom. The molecule has 7 heteroatoms. The lowest BCUT2D eigenvalue weighted by molar-refractivity contribution is 0.170. The molecule has 118 valence electrons. The molecule has 2 aliphatic rings. The van der Waals surface area contributed by atoms with Crippen LogP contribution >= 0.6 is 11.3 Å². The van der Waals surface area contributed by atoms with Gasteiger partial charge < -0.3 is 9.63 Å². The maximum Gasteiger partial charge on any atom is 0.244 e. The third-order valence-corrected chi connectivity index (χ3v) is 5.74. The van der Waals surface area contributed by atoms with Crippen LogP contribution in [0.2, 0.25) is 0 Å². The highest BCUT2D eigenvalue weighted by Gasteiger charge is 2.36. The van der Waals surface area contributed by atoms with E-state index in [2.05, 4.69) is 20.0 Å². The molecular formula is C15H20N4O2S. The van der Waals surface area contributed by atoms with Crippen LogP contribution in [0.5, 0.6) is 0 Å². The molecule has 6 nitrogen and oxygen atoms in total. The van der Waals surface area contributed by atoms with Crippen LogP contribution in [0.3, 0.4) is 0 Å². The first-order valence-corrected chi connectivity index (χ1v) is 8.67. The number of hydrogen-bond donors (Lipinski definition) is 1. The molecule has 0 amide bonds. The Kier molecular flexibility index (Phi) is 3.71. The first-order chi connectivity index (χ1) is 10.7. The minimum atomic E-state index is -0.337. The molecule has 4 rings (SSSR count). The Balaban J connectivity index is 1.49. The fourth-order valence-corrected chi connectivity index (χ4v) is 4.31. The minimum Gasteiger partial charge on any atom is -0.392 e. The Morgan fingerprint density at radius 2 is 2.32 bits per heavy atom. The van der Waals surface area contributed by atoms with E-state index in [4.69, 9.17) is 4.52 Å². The van der Waals surface area contributed by atoms with Crippen LogP contribution < -0.4 is 0 Å². The fraction of sp³-hybridized carbons (Fsp3) is 0.667. The third kappa shape index (κ3) is 2.68. The smallest absolute Gasteiger partial charge is 0.244 e. The number of hydrogen-bond acceptors (Lipinski definition) is 7. The van der Waals surface area contributed by atoms with Gasteiger partial charge in [-0.05, 0) is 26.2 Å². The number of rotatable bonds is 4. The molecule has 0 spiro atoms. The molecule has 1 saturated heterocycles. The summed E-state index contributed by atoms with van der Waals surface area (Å²) in [7, 11) is 0. The second-order valence-electron chi connectivity index (χ2n) is 6.31. The van der Waals surface area contributed by atoms with Gasteiger partial charge in [-0.3, -0.25) is 4.90 Å². The van der Waals surface area contributed by atoms with Crippen LogP contribution in [0.1, 0.15) is 59.2 Å². The predicted molar refractivity (Wildman–Crippen MR) is 81.5 cm³/mol. The first kappa shape index (κ1) is 14.3. The highest BCUT2D eigenvalue weighted by Crippen LogP contribution is 2.39. The van der Waals surface area contributed by atoms with Gasteiger partial charge in [-0.1, -0.05) is 11.6 Å². The summed E-state index contributed by atoms with van der Waals surface area (Å²) >= 11 is 1.81. The van der Waals surface area contributed by atoms with E-state index in [1.807, 2.05) is 13.1 Å². The van der Waals surface area contributed by atoms with Gasteiger partial charge in [-0.25, -0.2) is 4.98 Å². The van der Waals surface area contributed by atoms with Crippen LogP contribution in [-0.2, 0) is 6.54 Å². The number of nitrogens with zero attached hydrogens (tertiary/aromatic N) is 4. The maximum atomic E-state index is 10.0. The lowest BCUT2D eigenvalue weighted by atomic mass is 9.86. The van der Waals surface area contributed by atoms with E-state index in [1.165, 1.54) is 29.1 Å². The summed E-state index contributed by atoms with van der Waals surface area (Å²) in [5.74, 6) is 1.93. The normalized spacial score (nSPS) is 26.5. The van der Waals surface area contributed by atoms with Crippen molar-refractivity contribution >= 4 is 11.3 Å². The molecule has 1 N–H and O–H groups in total. The average Bonchev–Trinajstić information content (AvgIpc) is 3.10.